The van der Waals surface area contributed by atoms with Gasteiger partial charge in [-0.25, -0.2) is 4.79 Å². The van der Waals surface area contributed by atoms with Gasteiger partial charge in [0, 0.05) is 83.1 Å². The van der Waals surface area contributed by atoms with E-state index in [1.165, 1.54) is 26.4 Å². The number of rotatable bonds is 31. The zero-order valence-corrected chi connectivity index (χ0v) is 45.7. The lowest BCUT2D eigenvalue weighted by atomic mass is 9.89. The second-order valence-electron chi connectivity index (χ2n) is 20.8. The van der Waals surface area contributed by atoms with Gasteiger partial charge in [0.1, 0.15) is 12.1 Å². The van der Waals surface area contributed by atoms with E-state index in [9.17, 15) is 38.4 Å². The molecule has 20 heteroatoms. The number of aromatic amines is 1. The minimum absolute atomic E-state index is 0.0406. The number of unbranched alkanes of at least 4 members (excludes halogenated alkanes) is 3. The molecule has 4 rings (SSSR count). The van der Waals surface area contributed by atoms with Gasteiger partial charge in [-0.3, -0.25) is 43.4 Å². The number of primary amides is 1. The first-order valence-corrected chi connectivity index (χ1v) is 26.5. The van der Waals surface area contributed by atoms with Crippen LogP contribution in [0.5, 0.6) is 0 Å². The van der Waals surface area contributed by atoms with E-state index in [0.29, 0.717) is 38.9 Å². The fourth-order valence-corrected chi connectivity index (χ4v) is 10.5. The molecule has 8 unspecified atom stereocenters. The molecule has 9 amide bonds. The Kier molecular flexibility index (Phi) is 24.0. The number of urea groups is 1. The zero-order valence-electron chi connectivity index (χ0n) is 45.7. The summed E-state index contributed by atoms with van der Waals surface area (Å²) in [4.78, 5) is 115. The Labute approximate surface area is 438 Å². The van der Waals surface area contributed by atoms with Crippen molar-refractivity contribution in [2.75, 3.05) is 61.0 Å². The zero-order chi connectivity index (χ0) is 54.8. The quantitative estimate of drug-likeness (QED) is 0.0471. The van der Waals surface area contributed by atoms with E-state index in [-0.39, 0.29) is 67.4 Å². The van der Waals surface area contributed by atoms with Crippen LogP contribution in [0.1, 0.15) is 105 Å². The number of amides is 9. The van der Waals surface area contributed by atoms with Gasteiger partial charge in [-0.05, 0) is 68.7 Å². The van der Waals surface area contributed by atoms with Crippen molar-refractivity contribution in [2.45, 2.75) is 149 Å². The number of likely N-dealkylation sites (tertiary alicyclic amines) is 1. The van der Waals surface area contributed by atoms with E-state index in [4.69, 9.17) is 15.2 Å². The summed E-state index contributed by atoms with van der Waals surface area (Å²) in [6, 6.07) is 4.00. The summed E-state index contributed by atoms with van der Waals surface area (Å²) in [6.07, 6.45) is 8.25. The van der Waals surface area contributed by atoms with Gasteiger partial charge in [-0.2, -0.15) is 0 Å². The number of methoxy groups -OCH3 is 2. The Morgan fingerprint density at radius 1 is 0.851 bits per heavy atom. The molecule has 2 aliphatic rings. The van der Waals surface area contributed by atoms with Gasteiger partial charge in [0.2, 0.25) is 29.5 Å². The molecule has 412 valence electrons. The Morgan fingerprint density at radius 3 is 2.14 bits per heavy atom. The van der Waals surface area contributed by atoms with Crippen molar-refractivity contribution >= 4 is 58.3 Å². The second kappa shape index (κ2) is 29.3. The number of nitrogens with one attached hydrogen (secondary N) is 5. The molecule has 0 saturated carbocycles. The third kappa shape index (κ3) is 16.3. The summed E-state index contributed by atoms with van der Waals surface area (Å²) in [6.45, 7) is 15.3. The van der Waals surface area contributed by atoms with Crippen LogP contribution in [0.4, 0.5) is 4.79 Å². The lowest BCUT2D eigenvalue weighted by Crippen LogP contribution is -2.60. The van der Waals surface area contributed by atoms with Crippen molar-refractivity contribution in [3.05, 3.63) is 48.2 Å². The van der Waals surface area contributed by atoms with E-state index in [0.717, 1.165) is 47.0 Å². The molecule has 3 heterocycles. The molecule has 9 atom stereocenters. The molecule has 0 spiro atoms. The number of hydrogen-bond acceptors (Lipinski definition) is 11. The molecule has 1 saturated heterocycles. The van der Waals surface area contributed by atoms with Crippen LogP contribution >= 0.6 is 0 Å². The minimum atomic E-state index is -0.975. The van der Waals surface area contributed by atoms with E-state index in [1.807, 2.05) is 84.0 Å². The molecule has 7 N–H and O–H groups in total. The standard InChI is InChI=1S/C54H86N10O10/c1-12-35(6)48(42(73-10)31-45(67)63-28-19-22-41(63)49(74-11)36(7)51(69)59-40(50(55)68)30-37-32-58-39-21-16-15-20-38(37)39)62(9)53(71)46(33(2)3)60-52(70)47(34(4)5)61(8)27-18-14-13-17-25-56-54(72)57-26-29-64-43(65)23-24-44(64)66/h15-16,20-21,23-24,32-36,40-42,46-49,58H,12-14,17-19,22,25-31H2,1-11H3,(H2,55,68)(H,59,69)(H,60,70)(H2,56,57,72)/t35?,36?,40?,41-,42?,46?,47?,48?,49?/m0/s1. The van der Waals surface area contributed by atoms with Crippen molar-refractivity contribution in [1.29, 1.82) is 0 Å². The van der Waals surface area contributed by atoms with Crippen LogP contribution < -0.4 is 27.0 Å². The molecule has 1 aromatic carbocycles. The van der Waals surface area contributed by atoms with Crippen LogP contribution in [-0.4, -0.2) is 175 Å². The van der Waals surface area contributed by atoms with Gasteiger partial charge in [-0.1, -0.05) is 85.9 Å². The molecular weight excluding hydrogens is 949 g/mol. The number of likely N-dealkylation sites (N-methyl/N-ethyl adjacent to an activating group) is 2. The predicted octanol–water partition coefficient (Wildman–Crippen LogP) is 3.48. The number of carbonyl (C=O) groups is 8. The van der Waals surface area contributed by atoms with Crippen molar-refractivity contribution in [2.24, 2.45) is 29.4 Å². The number of hydrogen-bond donors (Lipinski definition) is 6. The van der Waals surface area contributed by atoms with Crippen molar-refractivity contribution in [3.63, 3.8) is 0 Å². The maximum absolute atomic E-state index is 14.7. The lowest BCUT2D eigenvalue weighted by molar-refractivity contribution is -0.148. The molecule has 1 fully saturated rings. The highest BCUT2D eigenvalue weighted by Crippen LogP contribution is 2.30. The lowest BCUT2D eigenvalue weighted by Gasteiger charge is -2.41. The predicted molar refractivity (Wildman–Crippen MR) is 283 cm³/mol. The normalized spacial score (nSPS) is 18.1. The Hall–Kier alpha value is -5.86. The molecular formula is C54H86N10O10. The number of aromatic nitrogens is 1. The van der Waals surface area contributed by atoms with E-state index in [2.05, 4.69) is 26.3 Å². The Bertz CT molecular complexity index is 2230. The number of nitrogens with zero attached hydrogens (tertiary/aromatic N) is 4. The average molecular weight is 1040 g/mol. The molecule has 2 aliphatic heterocycles. The van der Waals surface area contributed by atoms with Crippen LogP contribution in [0.25, 0.3) is 10.9 Å². The van der Waals surface area contributed by atoms with Crippen molar-refractivity contribution in [1.82, 2.24) is 45.9 Å². The number of nitrogens with two attached hydrogens (primary N) is 1. The minimum Gasteiger partial charge on any atom is -0.379 e. The maximum atomic E-state index is 14.7. The molecule has 20 nitrogen and oxygen atoms in total. The van der Waals surface area contributed by atoms with Gasteiger partial charge in [0.15, 0.2) is 0 Å². The highest BCUT2D eigenvalue weighted by Gasteiger charge is 2.43. The van der Waals surface area contributed by atoms with Crippen LogP contribution in [0.3, 0.4) is 0 Å². The van der Waals surface area contributed by atoms with Gasteiger partial charge < -0.3 is 51.3 Å². The van der Waals surface area contributed by atoms with E-state index >= 15 is 0 Å². The Balaban J connectivity index is 1.33. The first-order valence-electron chi connectivity index (χ1n) is 26.5. The number of H-pyrrole nitrogens is 1. The topological polar surface area (TPSA) is 258 Å². The molecule has 0 radical (unpaired) electrons. The summed E-state index contributed by atoms with van der Waals surface area (Å²) in [7, 11) is 6.68. The summed E-state index contributed by atoms with van der Waals surface area (Å²) >= 11 is 0. The smallest absolute Gasteiger partial charge is 0.314 e. The molecule has 74 heavy (non-hydrogen) atoms. The highest BCUT2D eigenvalue weighted by atomic mass is 16.5. The second-order valence-corrected chi connectivity index (χ2v) is 20.8. The molecule has 0 bridgehead atoms. The number of carbonyl (C=O) groups excluding carboxylic acids is 8. The van der Waals surface area contributed by atoms with Crippen molar-refractivity contribution in [3.8, 4) is 0 Å². The fraction of sp³-hybridized carbons (Fsp3) is 0.667. The summed E-state index contributed by atoms with van der Waals surface area (Å²) in [5.41, 5.74) is 7.56. The van der Waals surface area contributed by atoms with Gasteiger partial charge in [0.25, 0.3) is 11.8 Å². The van der Waals surface area contributed by atoms with Crippen LogP contribution in [0.2, 0.25) is 0 Å². The van der Waals surface area contributed by atoms with Gasteiger partial charge in [-0.15, -0.1) is 0 Å². The third-order valence-corrected chi connectivity index (χ3v) is 14.9. The molecule has 2 aromatic rings. The van der Waals surface area contributed by atoms with Crippen LogP contribution in [0, 0.1) is 23.7 Å². The summed E-state index contributed by atoms with van der Waals surface area (Å²) in [5.74, 6) is -3.77. The van der Waals surface area contributed by atoms with Gasteiger partial charge in [0.05, 0.1) is 42.7 Å². The first-order chi connectivity index (χ1) is 35.2. The number of fused-ring (bicyclic) bond motifs is 1. The average Bonchev–Trinajstić information content (AvgIpc) is 4.10. The first kappa shape index (κ1) is 60.7. The van der Waals surface area contributed by atoms with Crippen LogP contribution in [-0.2, 0) is 49.5 Å². The molecule has 1 aromatic heterocycles. The Morgan fingerprint density at radius 2 is 1.51 bits per heavy atom. The summed E-state index contributed by atoms with van der Waals surface area (Å²) in [5, 5.41) is 12.4. The van der Waals surface area contributed by atoms with Crippen molar-refractivity contribution < 1.29 is 47.8 Å². The fourth-order valence-electron chi connectivity index (χ4n) is 10.5. The number of imide groups is 1. The monoisotopic (exact) mass is 1030 g/mol. The number of para-hydroxylation sites is 1. The summed E-state index contributed by atoms with van der Waals surface area (Å²) < 4.78 is 12.1. The van der Waals surface area contributed by atoms with Gasteiger partial charge >= 0.3 is 6.03 Å². The third-order valence-electron chi connectivity index (χ3n) is 14.9. The largest absolute Gasteiger partial charge is 0.379 e. The highest BCUT2D eigenvalue weighted by molar-refractivity contribution is 6.12. The number of ether oxygens (including phenoxy) is 2. The van der Waals surface area contributed by atoms with E-state index < -0.39 is 72.0 Å². The molecule has 0 aliphatic carbocycles. The van der Waals surface area contributed by atoms with E-state index in [1.54, 1.807) is 23.8 Å². The SMILES string of the molecule is CCC(C)C(C(CC(=O)N1CCC[C@H]1C(OC)C(C)C(=O)NC(Cc1c[nH]c2ccccc12)C(N)=O)OC)N(C)C(=O)C(NC(=O)C(C(C)C)N(C)CCCCCCNC(=O)NCCN1C(=O)C=CC1=O)C(C)C. The van der Waals surface area contributed by atoms with Crippen LogP contribution in [0.15, 0.2) is 42.6 Å². The number of benzene rings is 1. The maximum Gasteiger partial charge on any atom is 0.314 e.